The van der Waals surface area contributed by atoms with Gasteiger partial charge in [-0.25, -0.2) is 5.43 Å². The number of halogens is 2. The number of hydrazone groups is 1. The predicted molar refractivity (Wildman–Crippen MR) is 101 cm³/mol. The van der Waals surface area contributed by atoms with Crippen molar-refractivity contribution in [3.63, 3.8) is 0 Å². The number of nitrogens with one attached hydrogen (secondary N) is 1. The van der Waals surface area contributed by atoms with Gasteiger partial charge in [-0.3, -0.25) is 4.79 Å². The molecule has 0 saturated heterocycles. The Hall–Kier alpha value is -2.21. The minimum Gasteiger partial charge on any atom is -0.448 e. The van der Waals surface area contributed by atoms with Crippen molar-refractivity contribution in [1.29, 1.82) is 0 Å². The fraction of sp³-hybridized carbons (Fsp3) is 0. The van der Waals surface area contributed by atoms with Crippen LogP contribution >= 0.6 is 35.0 Å². The molecule has 1 heterocycles. The van der Waals surface area contributed by atoms with Crippen molar-refractivity contribution in [2.45, 2.75) is 9.99 Å². The zero-order chi connectivity index (χ0) is 17.6. The number of nitrogens with zero attached hydrogens (tertiary/aromatic N) is 1. The van der Waals surface area contributed by atoms with Gasteiger partial charge in [0.1, 0.15) is 5.76 Å². The Kier molecular flexibility index (Phi) is 5.81. The third kappa shape index (κ3) is 5.13. The molecular weight excluding hydrogens is 379 g/mol. The maximum absolute atomic E-state index is 11.9. The molecule has 1 N–H and O–H groups in total. The standard InChI is InChI=1S/C18H12Cl2N2O2S/c19-13-4-7-16(8-5-13)25-17-9-6-15(24-17)11-21-22-18(23)12-2-1-3-14(20)10-12/h1-11H,(H,22,23). The van der Waals surface area contributed by atoms with Crippen molar-refractivity contribution in [2.24, 2.45) is 5.10 Å². The maximum atomic E-state index is 11.9. The summed E-state index contributed by atoms with van der Waals surface area (Å²) in [6.07, 6.45) is 1.44. The van der Waals surface area contributed by atoms with Gasteiger partial charge in [-0.1, -0.05) is 41.0 Å². The van der Waals surface area contributed by atoms with E-state index in [1.165, 1.54) is 18.0 Å². The summed E-state index contributed by atoms with van der Waals surface area (Å²) in [7, 11) is 0. The molecule has 0 spiro atoms. The Labute approximate surface area is 158 Å². The molecule has 2 aromatic carbocycles. The average molecular weight is 391 g/mol. The number of carbonyl (C=O) groups excluding carboxylic acids is 1. The van der Waals surface area contributed by atoms with E-state index in [0.29, 0.717) is 26.5 Å². The Morgan fingerprint density at radius 3 is 2.60 bits per heavy atom. The maximum Gasteiger partial charge on any atom is 0.271 e. The lowest BCUT2D eigenvalue weighted by Gasteiger charge is -1.99. The summed E-state index contributed by atoms with van der Waals surface area (Å²) in [5.41, 5.74) is 2.86. The topological polar surface area (TPSA) is 54.6 Å². The Morgan fingerprint density at radius 2 is 1.84 bits per heavy atom. The summed E-state index contributed by atoms with van der Waals surface area (Å²) in [6.45, 7) is 0. The first-order chi connectivity index (χ1) is 12.1. The Morgan fingerprint density at radius 1 is 1.04 bits per heavy atom. The predicted octanol–water partition coefficient (Wildman–Crippen LogP) is 5.50. The summed E-state index contributed by atoms with van der Waals surface area (Å²) >= 11 is 13.2. The van der Waals surface area contributed by atoms with Crippen molar-refractivity contribution >= 4 is 47.1 Å². The molecule has 25 heavy (non-hydrogen) atoms. The van der Waals surface area contributed by atoms with Gasteiger partial charge in [0.25, 0.3) is 5.91 Å². The molecule has 0 saturated carbocycles. The zero-order valence-corrected chi connectivity index (χ0v) is 15.1. The van der Waals surface area contributed by atoms with Crippen molar-refractivity contribution in [2.75, 3.05) is 0 Å². The Balaban J connectivity index is 1.58. The molecule has 0 unspecified atom stereocenters. The van der Waals surface area contributed by atoms with Crippen LogP contribution in [-0.2, 0) is 0 Å². The molecule has 0 radical (unpaired) electrons. The van der Waals surface area contributed by atoms with Gasteiger partial charge in [-0.2, -0.15) is 5.10 Å². The van der Waals surface area contributed by atoms with Crippen LogP contribution in [0.4, 0.5) is 0 Å². The second-order valence-corrected chi connectivity index (χ2v) is 6.87. The molecule has 126 valence electrons. The number of hydrogen-bond acceptors (Lipinski definition) is 4. The fourth-order valence-electron chi connectivity index (χ4n) is 1.93. The van der Waals surface area contributed by atoms with Crippen LogP contribution in [0.2, 0.25) is 10.0 Å². The number of carbonyl (C=O) groups is 1. The van der Waals surface area contributed by atoms with Crippen LogP contribution < -0.4 is 5.43 Å². The molecule has 3 aromatic rings. The van der Waals surface area contributed by atoms with E-state index in [0.717, 1.165) is 4.90 Å². The molecule has 4 nitrogen and oxygen atoms in total. The molecule has 0 bridgehead atoms. The summed E-state index contributed by atoms with van der Waals surface area (Å²) in [4.78, 5) is 12.9. The summed E-state index contributed by atoms with van der Waals surface area (Å²) in [5.74, 6) is 0.184. The quantitative estimate of drug-likeness (QED) is 0.462. The molecule has 7 heteroatoms. The molecule has 1 aromatic heterocycles. The van der Waals surface area contributed by atoms with Gasteiger partial charge in [-0.05, 0) is 54.6 Å². The van der Waals surface area contributed by atoms with Crippen LogP contribution in [0.5, 0.6) is 0 Å². The van der Waals surface area contributed by atoms with Gasteiger partial charge >= 0.3 is 0 Å². The van der Waals surface area contributed by atoms with Crippen molar-refractivity contribution in [3.8, 4) is 0 Å². The van der Waals surface area contributed by atoms with Gasteiger partial charge in [-0.15, -0.1) is 0 Å². The molecule has 0 aliphatic rings. The van der Waals surface area contributed by atoms with Crippen molar-refractivity contribution in [1.82, 2.24) is 5.43 Å². The van der Waals surface area contributed by atoms with Crippen molar-refractivity contribution in [3.05, 3.63) is 82.0 Å². The first-order valence-electron chi connectivity index (χ1n) is 7.22. The van der Waals surface area contributed by atoms with E-state index in [1.807, 2.05) is 30.3 Å². The third-order valence-electron chi connectivity index (χ3n) is 3.08. The van der Waals surface area contributed by atoms with Gasteiger partial charge in [0, 0.05) is 20.5 Å². The van der Waals surface area contributed by atoms with E-state index >= 15 is 0 Å². The summed E-state index contributed by atoms with van der Waals surface area (Å²) < 4.78 is 5.63. The monoisotopic (exact) mass is 390 g/mol. The highest BCUT2D eigenvalue weighted by Gasteiger charge is 2.05. The number of furan rings is 1. The van der Waals surface area contributed by atoms with Gasteiger partial charge in [0.05, 0.1) is 6.21 Å². The molecule has 1 amide bonds. The highest BCUT2D eigenvalue weighted by Crippen LogP contribution is 2.29. The zero-order valence-electron chi connectivity index (χ0n) is 12.8. The van der Waals surface area contributed by atoms with Crippen LogP contribution in [0.25, 0.3) is 0 Å². The normalized spacial score (nSPS) is 11.0. The number of benzene rings is 2. The largest absolute Gasteiger partial charge is 0.448 e. The fourth-order valence-corrected chi connectivity index (χ4v) is 3.02. The number of hydrogen-bond donors (Lipinski definition) is 1. The molecule has 0 fully saturated rings. The van der Waals surface area contributed by atoms with Crippen molar-refractivity contribution < 1.29 is 9.21 Å². The molecule has 0 aliphatic heterocycles. The third-order valence-corrected chi connectivity index (χ3v) is 4.49. The van der Waals surface area contributed by atoms with Crippen LogP contribution in [0, 0.1) is 0 Å². The van der Waals surface area contributed by atoms with E-state index in [9.17, 15) is 4.79 Å². The van der Waals surface area contributed by atoms with Gasteiger partial charge < -0.3 is 4.42 Å². The molecule has 0 atom stereocenters. The molecular formula is C18H12Cl2N2O2S. The highest BCUT2D eigenvalue weighted by molar-refractivity contribution is 7.99. The summed E-state index contributed by atoms with van der Waals surface area (Å²) in [6, 6.07) is 17.7. The van der Waals surface area contributed by atoms with E-state index in [1.54, 1.807) is 30.3 Å². The summed E-state index contributed by atoms with van der Waals surface area (Å²) in [5, 5.41) is 5.78. The minimum absolute atomic E-state index is 0.346. The molecule has 3 rings (SSSR count). The first kappa shape index (κ1) is 17.6. The minimum atomic E-state index is -0.346. The van der Waals surface area contributed by atoms with E-state index in [4.69, 9.17) is 27.6 Å². The highest BCUT2D eigenvalue weighted by atomic mass is 35.5. The smallest absolute Gasteiger partial charge is 0.271 e. The van der Waals surface area contributed by atoms with E-state index in [-0.39, 0.29) is 5.91 Å². The Bertz CT molecular complexity index is 907. The second kappa shape index (κ2) is 8.25. The van der Waals surface area contributed by atoms with E-state index in [2.05, 4.69) is 10.5 Å². The van der Waals surface area contributed by atoms with E-state index < -0.39 is 0 Å². The van der Waals surface area contributed by atoms with Crippen LogP contribution in [0.3, 0.4) is 0 Å². The van der Waals surface area contributed by atoms with Crippen LogP contribution in [0.1, 0.15) is 16.1 Å². The lowest BCUT2D eigenvalue weighted by Crippen LogP contribution is -2.17. The van der Waals surface area contributed by atoms with Crippen LogP contribution in [-0.4, -0.2) is 12.1 Å². The first-order valence-corrected chi connectivity index (χ1v) is 8.79. The SMILES string of the molecule is O=C(NN=Cc1ccc(Sc2ccc(Cl)cc2)o1)c1cccc(Cl)c1. The van der Waals surface area contributed by atoms with Gasteiger partial charge in [0.2, 0.25) is 0 Å². The number of rotatable bonds is 5. The number of amides is 1. The van der Waals surface area contributed by atoms with Gasteiger partial charge in [0.15, 0.2) is 5.09 Å². The second-order valence-electron chi connectivity index (χ2n) is 4.92. The lowest BCUT2D eigenvalue weighted by atomic mass is 10.2. The average Bonchev–Trinajstić information content (AvgIpc) is 3.04. The van der Waals surface area contributed by atoms with Crippen LogP contribution in [0.15, 0.2) is 80.2 Å². The lowest BCUT2D eigenvalue weighted by molar-refractivity contribution is 0.0955. The molecule has 0 aliphatic carbocycles.